The number of carbonyl (C=O) groups excluding carboxylic acids is 4. The zero-order valence-corrected chi connectivity index (χ0v) is 59.7. The smallest absolute Gasteiger partial charge is 0.462 e. The van der Waals surface area contributed by atoms with E-state index < -0.39 is 97.5 Å². The molecular weight excluding hydrogens is 1170 g/mol. The molecule has 0 saturated heterocycles. The zero-order chi connectivity index (χ0) is 65.9. The van der Waals surface area contributed by atoms with Gasteiger partial charge < -0.3 is 33.8 Å². The Kier molecular flexibility index (Phi) is 59.6. The van der Waals surface area contributed by atoms with Crippen molar-refractivity contribution in [1.29, 1.82) is 0 Å². The highest BCUT2D eigenvalue weighted by atomic mass is 31.2. The quantitative estimate of drug-likeness (QED) is 0.0222. The Balaban J connectivity index is 5.27. The monoisotopic (exact) mass is 1310 g/mol. The van der Waals surface area contributed by atoms with E-state index in [1.165, 1.54) is 161 Å². The molecule has 0 amide bonds. The van der Waals surface area contributed by atoms with Crippen molar-refractivity contribution in [2.24, 2.45) is 17.8 Å². The lowest BCUT2D eigenvalue weighted by molar-refractivity contribution is -0.161. The third-order valence-electron chi connectivity index (χ3n) is 16.5. The lowest BCUT2D eigenvalue weighted by Gasteiger charge is -2.21. The van der Waals surface area contributed by atoms with E-state index in [1.807, 2.05) is 0 Å². The van der Waals surface area contributed by atoms with Gasteiger partial charge in [-0.1, -0.05) is 299 Å². The van der Waals surface area contributed by atoms with Crippen LogP contribution in [0.25, 0.3) is 0 Å². The van der Waals surface area contributed by atoms with E-state index in [1.54, 1.807) is 0 Å². The molecule has 0 aromatic rings. The molecule has 0 fully saturated rings. The summed E-state index contributed by atoms with van der Waals surface area (Å²) in [5, 5.41) is 10.6. The first kappa shape index (κ1) is 87.1. The van der Waals surface area contributed by atoms with Crippen LogP contribution >= 0.6 is 15.6 Å². The highest BCUT2D eigenvalue weighted by Gasteiger charge is 2.30. The number of rotatable bonds is 68. The van der Waals surface area contributed by atoms with Crippen molar-refractivity contribution in [2.45, 2.75) is 369 Å². The van der Waals surface area contributed by atoms with E-state index in [0.717, 1.165) is 108 Å². The molecular formula is C70H136O17P2. The topological polar surface area (TPSA) is 237 Å². The fraction of sp³-hybridized carbons (Fsp3) is 0.943. The van der Waals surface area contributed by atoms with Crippen LogP contribution in [0.15, 0.2) is 0 Å². The Labute approximate surface area is 543 Å². The van der Waals surface area contributed by atoms with Gasteiger partial charge in [0.2, 0.25) is 0 Å². The van der Waals surface area contributed by atoms with E-state index in [-0.39, 0.29) is 25.7 Å². The van der Waals surface area contributed by atoms with Gasteiger partial charge >= 0.3 is 39.5 Å². The SMILES string of the molecule is CCCCCCCCCCCCCCCC(=O)O[C@H](COC(=O)CCCCCCCCCCCC(C)C)COP(=O)(O)OC[C@@H](O)COP(=O)(O)OC[C@@H](COC(=O)CCCCCCCCCCC(C)CC)OC(=O)CCCCCCCCCCCC(C)C. The van der Waals surface area contributed by atoms with Gasteiger partial charge in [0, 0.05) is 25.7 Å². The second-order valence-electron chi connectivity index (χ2n) is 26.5. The lowest BCUT2D eigenvalue weighted by Crippen LogP contribution is -2.30. The Morgan fingerprint density at radius 2 is 0.573 bits per heavy atom. The van der Waals surface area contributed by atoms with Crippen LogP contribution in [0.1, 0.15) is 350 Å². The Morgan fingerprint density at radius 3 is 0.854 bits per heavy atom. The van der Waals surface area contributed by atoms with Gasteiger partial charge in [-0.3, -0.25) is 37.3 Å². The van der Waals surface area contributed by atoms with Crippen LogP contribution in [0, 0.1) is 17.8 Å². The summed E-state index contributed by atoms with van der Waals surface area (Å²) in [6.45, 7) is 11.8. The molecule has 89 heavy (non-hydrogen) atoms. The number of unbranched alkanes of at least 4 members (excludes halogenated alkanes) is 35. The summed E-state index contributed by atoms with van der Waals surface area (Å²) < 4.78 is 68.3. The predicted molar refractivity (Wildman–Crippen MR) is 358 cm³/mol. The number of phosphoric ester groups is 2. The first-order valence-electron chi connectivity index (χ1n) is 36.4. The van der Waals surface area contributed by atoms with Crippen molar-refractivity contribution in [2.75, 3.05) is 39.6 Å². The standard InChI is InChI=1S/C70H136O17P2/c1-8-10-11-12-13-14-15-16-17-22-32-39-46-53-69(74)86-65(57-80-67(72)51-44-37-30-23-18-20-27-34-41-48-61(3)4)59-84-88(76,77)82-55-64(71)56-83-89(78,79)85-60-66(87-70(75)54-47-40-33-24-19-21-28-35-42-49-62(5)6)58-81-68(73)52-45-38-31-26-25-29-36-43-50-63(7)9-2/h61-66,71H,8-60H2,1-7H3,(H,76,77)(H,78,79)/t63?,64-,65-,66-/m1/s1. The van der Waals surface area contributed by atoms with E-state index in [0.29, 0.717) is 25.7 Å². The summed E-state index contributed by atoms with van der Waals surface area (Å²) >= 11 is 0. The minimum absolute atomic E-state index is 0.105. The third kappa shape index (κ3) is 63.2. The summed E-state index contributed by atoms with van der Waals surface area (Å²) in [5.74, 6) is 0.132. The maximum Gasteiger partial charge on any atom is 0.472 e. The number of aliphatic hydroxyl groups is 1. The number of carbonyl (C=O) groups is 4. The highest BCUT2D eigenvalue weighted by molar-refractivity contribution is 7.47. The van der Waals surface area contributed by atoms with Crippen molar-refractivity contribution >= 4 is 39.5 Å². The Morgan fingerprint density at radius 1 is 0.326 bits per heavy atom. The van der Waals surface area contributed by atoms with Gasteiger partial charge in [-0.25, -0.2) is 9.13 Å². The van der Waals surface area contributed by atoms with Crippen LogP contribution in [0.2, 0.25) is 0 Å². The van der Waals surface area contributed by atoms with Crippen molar-refractivity contribution in [3.8, 4) is 0 Å². The van der Waals surface area contributed by atoms with E-state index in [4.69, 9.17) is 37.0 Å². The van der Waals surface area contributed by atoms with E-state index >= 15 is 0 Å². The molecule has 528 valence electrons. The first-order chi connectivity index (χ1) is 42.8. The molecule has 0 spiro atoms. The van der Waals surface area contributed by atoms with Gasteiger partial charge in [-0.15, -0.1) is 0 Å². The van der Waals surface area contributed by atoms with Gasteiger partial charge in [0.15, 0.2) is 12.2 Å². The molecule has 0 aliphatic carbocycles. The van der Waals surface area contributed by atoms with Crippen molar-refractivity contribution in [1.82, 2.24) is 0 Å². The van der Waals surface area contributed by atoms with Crippen LogP contribution in [0.3, 0.4) is 0 Å². The van der Waals surface area contributed by atoms with Crippen LogP contribution in [0.4, 0.5) is 0 Å². The van der Waals surface area contributed by atoms with Crippen molar-refractivity contribution < 1.29 is 80.2 Å². The lowest BCUT2D eigenvalue weighted by atomic mass is 9.99. The van der Waals surface area contributed by atoms with Crippen molar-refractivity contribution in [3.63, 3.8) is 0 Å². The summed E-state index contributed by atoms with van der Waals surface area (Å²) in [6, 6.07) is 0. The number of hydrogen-bond donors (Lipinski definition) is 3. The van der Waals surface area contributed by atoms with Gasteiger partial charge in [0.1, 0.15) is 19.3 Å². The average Bonchev–Trinajstić information content (AvgIpc) is 3.71. The van der Waals surface area contributed by atoms with Gasteiger partial charge in [0.25, 0.3) is 0 Å². The number of phosphoric acid groups is 2. The maximum atomic E-state index is 13.0. The number of aliphatic hydroxyl groups excluding tert-OH is 1. The summed E-state index contributed by atoms with van der Waals surface area (Å²) in [4.78, 5) is 72.6. The Hall–Kier alpha value is -1.94. The molecule has 0 rings (SSSR count). The molecule has 6 atom stereocenters. The minimum Gasteiger partial charge on any atom is -0.462 e. The van der Waals surface area contributed by atoms with Crippen molar-refractivity contribution in [3.05, 3.63) is 0 Å². The van der Waals surface area contributed by atoms with Gasteiger partial charge in [0.05, 0.1) is 26.4 Å². The Bertz CT molecular complexity index is 1750. The van der Waals surface area contributed by atoms with Crippen LogP contribution < -0.4 is 0 Å². The molecule has 3 N–H and O–H groups in total. The van der Waals surface area contributed by atoms with Crippen LogP contribution in [-0.2, 0) is 65.4 Å². The van der Waals surface area contributed by atoms with E-state index in [9.17, 15) is 43.2 Å². The maximum absolute atomic E-state index is 13.0. The van der Waals surface area contributed by atoms with Crippen LogP contribution in [-0.4, -0.2) is 96.7 Å². The molecule has 17 nitrogen and oxygen atoms in total. The first-order valence-corrected chi connectivity index (χ1v) is 39.4. The third-order valence-corrected chi connectivity index (χ3v) is 18.4. The molecule has 0 saturated carbocycles. The molecule has 0 bridgehead atoms. The largest absolute Gasteiger partial charge is 0.472 e. The molecule has 0 aliphatic rings. The summed E-state index contributed by atoms with van der Waals surface area (Å²) in [5.41, 5.74) is 0. The van der Waals surface area contributed by atoms with Gasteiger partial charge in [-0.05, 0) is 43.4 Å². The summed E-state index contributed by atoms with van der Waals surface area (Å²) in [6.07, 6.45) is 44.3. The van der Waals surface area contributed by atoms with Crippen LogP contribution in [0.5, 0.6) is 0 Å². The molecule has 0 aromatic carbocycles. The second-order valence-corrected chi connectivity index (χ2v) is 29.4. The number of hydrogen-bond acceptors (Lipinski definition) is 15. The number of esters is 4. The molecule has 3 unspecified atom stereocenters. The predicted octanol–water partition coefficient (Wildman–Crippen LogP) is 19.8. The van der Waals surface area contributed by atoms with E-state index in [2.05, 4.69) is 48.5 Å². The molecule has 0 radical (unpaired) electrons. The minimum atomic E-state index is -4.95. The average molecular weight is 1310 g/mol. The fourth-order valence-corrected chi connectivity index (χ4v) is 12.1. The molecule has 0 aromatic heterocycles. The molecule has 0 aliphatic heterocycles. The van der Waals surface area contributed by atoms with Gasteiger partial charge in [-0.2, -0.15) is 0 Å². The molecule has 0 heterocycles. The fourth-order valence-electron chi connectivity index (χ4n) is 10.5. The second kappa shape index (κ2) is 61.0. The molecule has 19 heteroatoms. The summed E-state index contributed by atoms with van der Waals surface area (Å²) in [7, 11) is -9.90. The highest BCUT2D eigenvalue weighted by Crippen LogP contribution is 2.45. The number of ether oxygens (including phenoxy) is 4. The zero-order valence-electron chi connectivity index (χ0n) is 57.9. The normalized spacial score (nSPS) is 14.5.